The summed E-state index contributed by atoms with van der Waals surface area (Å²) in [6.07, 6.45) is 6.29. The molecule has 0 aliphatic rings. The molecule has 1 nitrogen and oxygen atoms in total. The smallest absolute Gasteiger partial charge is 0.0294 e. The second-order valence-electron chi connectivity index (χ2n) is 5.42. The van der Waals surface area contributed by atoms with Gasteiger partial charge < -0.3 is 5.32 Å². The number of nitrogens with one attached hydrogen (secondary N) is 1. The van der Waals surface area contributed by atoms with E-state index in [0.717, 1.165) is 0 Å². The van der Waals surface area contributed by atoms with Gasteiger partial charge in [0.05, 0.1) is 0 Å². The van der Waals surface area contributed by atoms with Crippen LogP contribution in [-0.2, 0) is 6.42 Å². The molecule has 1 N–H and O–H groups in total. The van der Waals surface area contributed by atoms with Crippen LogP contribution in [0.25, 0.3) is 0 Å². The first-order valence-corrected chi connectivity index (χ1v) is 7.52. The SMILES string of the molecule is CCCCC(C)NC(C)c1ccc(CCC)cc1. The van der Waals surface area contributed by atoms with Gasteiger partial charge in [-0.1, -0.05) is 57.4 Å². The summed E-state index contributed by atoms with van der Waals surface area (Å²) < 4.78 is 0. The fourth-order valence-electron chi connectivity index (χ4n) is 2.38. The minimum absolute atomic E-state index is 0.451. The second-order valence-corrected chi connectivity index (χ2v) is 5.42. The first-order chi connectivity index (χ1) is 8.67. The number of benzene rings is 1. The molecule has 0 aromatic heterocycles. The van der Waals surface area contributed by atoms with Crippen molar-refractivity contribution in [1.82, 2.24) is 5.32 Å². The molecule has 2 atom stereocenters. The van der Waals surface area contributed by atoms with Crippen molar-refractivity contribution < 1.29 is 0 Å². The van der Waals surface area contributed by atoms with Gasteiger partial charge in [0, 0.05) is 12.1 Å². The largest absolute Gasteiger partial charge is 0.308 e. The highest BCUT2D eigenvalue weighted by Gasteiger charge is 2.08. The molecular formula is C17H29N. The molecule has 0 spiro atoms. The average Bonchev–Trinajstić information content (AvgIpc) is 2.37. The summed E-state index contributed by atoms with van der Waals surface area (Å²) in [7, 11) is 0. The molecule has 0 fully saturated rings. The van der Waals surface area contributed by atoms with E-state index in [1.54, 1.807) is 0 Å². The molecule has 0 saturated carbocycles. The normalized spacial score (nSPS) is 14.4. The average molecular weight is 247 g/mol. The molecule has 1 rings (SSSR count). The predicted molar refractivity (Wildman–Crippen MR) is 81.0 cm³/mol. The standard InChI is InChI=1S/C17H29N/c1-5-7-9-14(3)18-15(4)17-12-10-16(8-6-2)11-13-17/h10-15,18H,5-9H2,1-4H3. The lowest BCUT2D eigenvalue weighted by Crippen LogP contribution is -2.28. The fourth-order valence-corrected chi connectivity index (χ4v) is 2.38. The number of aryl methyl sites for hydroxylation is 1. The molecule has 2 unspecified atom stereocenters. The zero-order valence-electron chi connectivity index (χ0n) is 12.5. The maximum absolute atomic E-state index is 3.68. The molecule has 18 heavy (non-hydrogen) atoms. The van der Waals surface area contributed by atoms with Crippen molar-refractivity contribution in [3.63, 3.8) is 0 Å². The van der Waals surface area contributed by atoms with Crippen molar-refractivity contribution in [2.24, 2.45) is 0 Å². The third kappa shape index (κ3) is 5.22. The molecule has 0 radical (unpaired) electrons. The van der Waals surface area contributed by atoms with Crippen LogP contribution < -0.4 is 5.32 Å². The lowest BCUT2D eigenvalue weighted by Gasteiger charge is -2.20. The summed E-state index contributed by atoms with van der Waals surface area (Å²) >= 11 is 0. The highest BCUT2D eigenvalue weighted by Crippen LogP contribution is 2.16. The Hall–Kier alpha value is -0.820. The predicted octanol–water partition coefficient (Wildman–Crippen LogP) is 4.87. The summed E-state index contributed by atoms with van der Waals surface area (Å²) in [5.74, 6) is 0. The van der Waals surface area contributed by atoms with Gasteiger partial charge in [0.1, 0.15) is 0 Å². The van der Waals surface area contributed by atoms with Crippen LogP contribution in [0.2, 0.25) is 0 Å². The van der Waals surface area contributed by atoms with Crippen molar-refractivity contribution in [3.8, 4) is 0 Å². The lowest BCUT2D eigenvalue weighted by atomic mass is 10.0. The third-order valence-electron chi connectivity index (χ3n) is 3.54. The quantitative estimate of drug-likeness (QED) is 0.691. The zero-order valence-corrected chi connectivity index (χ0v) is 12.5. The molecule has 0 heterocycles. The van der Waals surface area contributed by atoms with E-state index in [2.05, 4.69) is 57.3 Å². The van der Waals surface area contributed by atoms with Gasteiger partial charge in [-0.05, 0) is 37.8 Å². The first kappa shape index (κ1) is 15.2. The minimum Gasteiger partial charge on any atom is -0.308 e. The Kier molecular flexibility index (Phi) is 7.04. The topological polar surface area (TPSA) is 12.0 Å². The van der Waals surface area contributed by atoms with E-state index >= 15 is 0 Å². The molecule has 0 bridgehead atoms. The fraction of sp³-hybridized carbons (Fsp3) is 0.647. The summed E-state index contributed by atoms with van der Waals surface area (Å²) in [5.41, 5.74) is 2.85. The Balaban J connectivity index is 2.47. The number of hydrogen-bond donors (Lipinski definition) is 1. The molecule has 102 valence electrons. The molecule has 0 amide bonds. The summed E-state index contributed by atoms with van der Waals surface area (Å²) in [6.45, 7) is 9.03. The van der Waals surface area contributed by atoms with E-state index in [1.165, 1.54) is 43.2 Å². The molecule has 1 aromatic rings. The van der Waals surface area contributed by atoms with E-state index < -0.39 is 0 Å². The minimum atomic E-state index is 0.451. The van der Waals surface area contributed by atoms with E-state index in [9.17, 15) is 0 Å². The van der Waals surface area contributed by atoms with E-state index in [4.69, 9.17) is 0 Å². The Morgan fingerprint density at radius 2 is 1.67 bits per heavy atom. The third-order valence-corrected chi connectivity index (χ3v) is 3.54. The number of unbranched alkanes of at least 4 members (excludes halogenated alkanes) is 1. The van der Waals surface area contributed by atoms with Crippen molar-refractivity contribution in [1.29, 1.82) is 0 Å². The van der Waals surface area contributed by atoms with Crippen molar-refractivity contribution in [3.05, 3.63) is 35.4 Å². The Labute approximate surface area is 113 Å². The lowest BCUT2D eigenvalue weighted by molar-refractivity contribution is 0.444. The van der Waals surface area contributed by atoms with Gasteiger partial charge in [-0.2, -0.15) is 0 Å². The van der Waals surface area contributed by atoms with Gasteiger partial charge in [-0.25, -0.2) is 0 Å². The highest BCUT2D eigenvalue weighted by atomic mass is 14.9. The van der Waals surface area contributed by atoms with Gasteiger partial charge in [0.15, 0.2) is 0 Å². The van der Waals surface area contributed by atoms with Crippen LogP contribution in [-0.4, -0.2) is 6.04 Å². The van der Waals surface area contributed by atoms with Crippen LogP contribution in [0, 0.1) is 0 Å². The number of hydrogen-bond acceptors (Lipinski definition) is 1. The van der Waals surface area contributed by atoms with Crippen LogP contribution in [0.4, 0.5) is 0 Å². The molecule has 1 aromatic carbocycles. The second kappa shape index (κ2) is 8.31. The number of rotatable bonds is 8. The van der Waals surface area contributed by atoms with Crippen molar-refractivity contribution in [2.75, 3.05) is 0 Å². The van der Waals surface area contributed by atoms with Crippen molar-refractivity contribution >= 4 is 0 Å². The van der Waals surface area contributed by atoms with Crippen LogP contribution >= 0.6 is 0 Å². The molecule has 0 aliphatic heterocycles. The van der Waals surface area contributed by atoms with Crippen LogP contribution in [0.5, 0.6) is 0 Å². The highest BCUT2D eigenvalue weighted by molar-refractivity contribution is 5.24. The molecule has 0 saturated heterocycles. The summed E-state index contributed by atoms with van der Waals surface area (Å²) in [6, 6.07) is 10.1. The first-order valence-electron chi connectivity index (χ1n) is 7.52. The van der Waals surface area contributed by atoms with Crippen LogP contribution in [0.1, 0.15) is 70.5 Å². The Morgan fingerprint density at radius 1 is 1.00 bits per heavy atom. The summed E-state index contributed by atoms with van der Waals surface area (Å²) in [4.78, 5) is 0. The van der Waals surface area contributed by atoms with Gasteiger partial charge >= 0.3 is 0 Å². The van der Waals surface area contributed by atoms with E-state index in [1.807, 2.05) is 0 Å². The molecule has 1 heteroatoms. The Morgan fingerprint density at radius 3 is 2.22 bits per heavy atom. The van der Waals surface area contributed by atoms with Gasteiger partial charge in [-0.3, -0.25) is 0 Å². The summed E-state index contributed by atoms with van der Waals surface area (Å²) in [5, 5.41) is 3.68. The van der Waals surface area contributed by atoms with E-state index in [-0.39, 0.29) is 0 Å². The van der Waals surface area contributed by atoms with E-state index in [0.29, 0.717) is 12.1 Å². The van der Waals surface area contributed by atoms with Crippen molar-refractivity contribution in [2.45, 2.75) is 71.9 Å². The monoisotopic (exact) mass is 247 g/mol. The zero-order chi connectivity index (χ0) is 13.4. The molecule has 0 aliphatic carbocycles. The van der Waals surface area contributed by atoms with Crippen LogP contribution in [0.3, 0.4) is 0 Å². The molecular weight excluding hydrogens is 218 g/mol. The maximum atomic E-state index is 3.68. The Bertz CT molecular complexity index is 315. The van der Waals surface area contributed by atoms with Gasteiger partial charge in [0.25, 0.3) is 0 Å². The maximum Gasteiger partial charge on any atom is 0.0294 e. The van der Waals surface area contributed by atoms with Crippen LogP contribution in [0.15, 0.2) is 24.3 Å². The van der Waals surface area contributed by atoms with Gasteiger partial charge in [0.2, 0.25) is 0 Å². The van der Waals surface area contributed by atoms with Gasteiger partial charge in [-0.15, -0.1) is 0 Å².